The Labute approximate surface area is 127 Å². The van der Waals surface area contributed by atoms with Crippen LogP contribution in [0.1, 0.15) is 25.7 Å². The molecule has 3 nitrogen and oxygen atoms in total. The van der Waals surface area contributed by atoms with Gasteiger partial charge in [-0.25, -0.2) is 0 Å². The lowest BCUT2D eigenvalue weighted by Gasteiger charge is -2.23. The van der Waals surface area contributed by atoms with Crippen molar-refractivity contribution in [3.63, 3.8) is 0 Å². The van der Waals surface area contributed by atoms with Gasteiger partial charge in [-0.2, -0.15) is 0 Å². The van der Waals surface area contributed by atoms with Gasteiger partial charge in [-0.3, -0.25) is 4.79 Å². The van der Waals surface area contributed by atoms with Crippen LogP contribution in [0.3, 0.4) is 0 Å². The van der Waals surface area contributed by atoms with E-state index in [-0.39, 0.29) is 18.3 Å². The predicted molar refractivity (Wildman–Crippen MR) is 84.4 cm³/mol. The maximum absolute atomic E-state index is 12.4. The maximum atomic E-state index is 12.4. The van der Waals surface area contributed by atoms with Crippen molar-refractivity contribution < 1.29 is 4.79 Å². The van der Waals surface area contributed by atoms with Gasteiger partial charge < -0.3 is 10.2 Å². The quantitative estimate of drug-likeness (QED) is 0.839. The molecule has 0 bridgehead atoms. The third-order valence-electron chi connectivity index (χ3n) is 3.91. The SMILES string of the molecule is Cl.O=C(CNCC1CC1)N(CC1CC1)c1ccccc1. The minimum absolute atomic E-state index is 0. The Bertz CT molecular complexity index is 429. The number of amides is 1. The fourth-order valence-electron chi connectivity index (χ4n) is 2.32. The monoisotopic (exact) mass is 294 g/mol. The molecule has 110 valence electrons. The second kappa shape index (κ2) is 7.09. The minimum Gasteiger partial charge on any atom is -0.311 e. The first kappa shape index (κ1) is 15.3. The van der Waals surface area contributed by atoms with Crippen LogP contribution in [0.25, 0.3) is 0 Å². The van der Waals surface area contributed by atoms with Crippen LogP contribution in [0, 0.1) is 11.8 Å². The average Bonchev–Trinajstić information content (AvgIpc) is 3.31. The molecule has 0 spiro atoms. The Morgan fingerprint density at radius 1 is 1.10 bits per heavy atom. The molecule has 0 unspecified atom stereocenters. The Morgan fingerprint density at radius 3 is 2.35 bits per heavy atom. The van der Waals surface area contributed by atoms with Gasteiger partial charge >= 0.3 is 0 Å². The third-order valence-corrected chi connectivity index (χ3v) is 3.91. The van der Waals surface area contributed by atoms with Gasteiger partial charge in [0.2, 0.25) is 5.91 Å². The first-order valence-electron chi connectivity index (χ1n) is 7.39. The van der Waals surface area contributed by atoms with E-state index in [1.54, 1.807) is 0 Å². The number of halogens is 1. The largest absolute Gasteiger partial charge is 0.311 e. The number of carbonyl (C=O) groups is 1. The summed E-state index contributed by atoms with van der Waals surface area (Å²) >= 11 is 0. The van der Waals surface area contributed by atoms with Gasteiger partial charge in [0.25, 0.3) is 0 Å². The lowest BCUT2D eigenvalue weighted by atomic mass is 10.2. The Kier molecular flexibility index (Phi) is 5.44. The number of hydrogen-bond donors (Lipinski definition) is 1. The molecule has 3 rings (SSSR count). The van der Waals surface area contributed by atoms with Crippen LogP contribution < -0.4 is 10.2 Å². The van der Waals surface area contributed by atoms with E-state index in [1.807, 2.05) is 35.2 Å². The van der Waals surface area contributed by atoms with E-state index in [0.29, 0.717) is 12.5 Å². The number of carbonyl (C=O) groups excluding carboxylic acids is 1. The van der Waals surface area contributed by atoms with Crippen molar-refractivity contribution >= 4 is 24.0 Å². The van der Waals surface area contributed by atoms with Crippen LogP contribution in [-0.4, -0.2) is 25.5 Å². The zero-order valence-electron chi connectivity index (χ0n) is 11.8. The van der Waals surface area contributed by atoms with E-state index in [4.69, 9.17) is 0 Å². The van der Waals surface area contributed by atoms with E-state index < -0.39 is 0 Å². The summed E-state index contributed by atoms with van der Waals surface area (Å²) in [6.07, 6.45) is 5.19. The molecule has 0 saturated heterocycles. The lowest BCUT2D eigenvalue weighted by molar-refractivity contribution is -0.117. The maximum Gasteiger partial charge on any atom is 0.240 e. The third kappa shape index (κ3) is 4.50. The van der Waals surface area contributed by atoms with Crippen LogP contribution in [-0.2, 0) is 4.79 Å². The zero-order valence-corrected chi connectivity index (χ0v) is 12.6. The van der Waals surface area contributed by atoms with Crippen molar-refractivity contribution in [1.29, 1.82) is 0 Å². The first-order chi connectivity index (χ1) is 9.33. The van der Waals surface area contributed by atoms with Gasteiger partial charge in [-0.1, -0.05) is 18.2 Å². The predicted octanol–water partition coefficient (Wildman–Crippen LogP) is 2.85. The van der Waals surface area contributed by atoms with Gasteiger partial charge in [0.1, 0.15) is 0 Å². The molecule has 0 aliphatic heterocycles. The number of benzene rings is 1. The number of nitrogens with one attached hydrogen (secondary N) is 1. The molecule has 20 heavy (non-hydrogen) atoms. The molecule has 1 aromatic carbocycles. The van der Waals surface area contributed by atoms with Crippen molar-refractivity contribution in [3.8, 4) is 0 Å². The van der Waals surface area contributed by atoms with E-state index >= 15 is 0 Å². The highest BCUT2D eigenvalue weighted by Gasteiger charge is 2.28. The highest BCUT2D eigenvalue weighted by molar-refractivity contribution is 5.94. The number of anilines is 1. The van der Waals surface area contributed by atoms with Crippen molar-refractivity contribution in [2.24, 2.45) is 11.8 Å². The molecule has 4 heteroatoms. The number of para-hydroxylation sites is 1. The average molecular weight is 295 g/mol. The molecular formula is C16H23ClN2O. The zero-order chi connectivity index (χ0) is 13.1. The number of nitrogens with zero attached hydrogens (tertiary/aromatic N) is 1. The summed E-state index contributed by atoms with van der Waals surface area (Å²) in [4.78, 5) is 14.3. The van der Waals surface area contributed by atoms with Crippen molar-refractivity contribution in [2.75, 3.05) is 24.5 Å². The summed E-state index contributed by atoms with van der Waals surface area (Å²) in [5.41, 5.74) is 1.03. The molecule has 0 radical (unpaired) electrons. The highest BCUT2D eigenvalue weighted by Crippen LogP contribution is 2.31. The molecule has 0 atom stereocenters. The molecule has 2 aliphatic rings. The van der Waals surface area contributed by atoms with E-state index in [0.717, 1.165) is 24.7 Å². The summed E-state index contributed by atoms with van der Waals surface area (Å²) < 4.78 is 0. The van der Waals surface area contributed by atoms with E-state index in [9.17, 15) is 4.79 Å². The molecule has 2 aliphatic carbocycles. The standard InChI is InChI=1S/C16H22N2O.ClH/c19-16(11-17-10-13-6-7-13)18(12-14-8-9-14)15-4-2-1-3-5-15;/h1-5,13-14,17H,6-12H2;1H. The van der Waals surface area contributed by atoms with Crippen LogP contribution in [0.15, 0.2) is 30.3 Å². The molecule has 1 amide bonds. The smallest absolute Gasteiger partial charge is 0.240 e. The summed E-state index contributed by atoms with van der Waals surface area (Å²) in [5.74, 6) is 1.74. The van der Waals surface area contributed by atoms with Crippen molar-refractivity contribution in [3.05, 3.63) is 30.3 Å². The fourth-order valence-corrected chi connectivity index (χ4v) is 2.32. The van der Waals surface area contributed by atoms with Crippen molar-refractivity contribution in [2.45, 2.75) is 25.7 Å². The van der Waals surface area contributed by atoms with Crippen LogP contribution in [0.4, 0.5) is 5.69 Å². The van der Waals surface area contributed by atoms with Gasteiger partial charge in [0, 0.05) is 12.2 Å². The number of hydrogen-bond acceptors (Lipinski definition) is 2. The number of rotatable bonds is 7. The van der Waals surface area contributed by atoms with Crippen LogP contribution >= 0.6 is 12.4 Å². The first-order valence-corrected chi connectivity index (χ1v) is 7.39. The summed E-state index contributed by atoms with van der Waals surface area (Å²) in [7, 11) is 0. The molecule has 0 aromatic heterocycles. The van der Waals surface area contributed by atoms with Crippen molar-refractivity contribution in [1.82, 2.24) is 5.32 Å². The summed E-state index contributed by atoms with van der Waals surface area (Å²) in [5, 5.41) is 3.30. The highest BCUT2D eigenvalue weighted by atomic mass is 35.5. The van der Waals surface area contributed by atoms with Gasteiger partial charge in [-0.05, 0) is 56.2 Å². The molecule has 2 saturated carbocycles. The summed E-state index contributed by atoms with van der Waals surface area (Å²) in [6.45, 7) is 2.35. The van der Waals surface area contributed by atoms with E-state index in [2.05, 4.69) is 5.32 Å². The van der Waals surface area contributed by atoms with Gasteiger partial charge in [0.15, 0.2) is 0 Å². The lowest BCUT2D eigenvalue weighted by Crippen LogP contribution is -2.40. The summed E-state index contributed by atoms with van der Waals surface area (Å²) in [6, 6.07) is 10.1. The molecule has 1 aromatic rings. The minimum atomic E-state index is 0. The van der Waals surface area contributed by atoms with Crippen LogP contribution in [0.2, 0.25) is 0 Å². The topological polar surface area (TPSA) is 32.3 Å². The van der Waals surface area contributed by atoms with Gasteiger partial charge in [0.05, 0.1) is 6.54 Å². The molecular weight excluding hydrogens is 272 g/mol. The second-order valence-corrected chi connectivity index (χ2v) is 5.86. The Balaban J connectivity index is 0.00000147. The molecule has 1 N–H and O–H groups in total. The molecule has 0 heterocycles. The van der Waals surface area contributed by atoms with Crippen LogP contribution in [0.5, 0.6) is 0 Å². The second-order valence-electron chi connectivity index (χ2n) is 5.86. The fraction of sp³-hybridized carbons (Fsp3) is 0.562. The Morgan fingerprint density at radius 2 is 1.75 bits per heavy atom. The normalized spacial score (nSPS) is 17.4. The van der Waals surface area contributed by atoms with Gasteiger partial charge in [-0.15, -0.1) is 12.4 Å². The van der Waals surface area contributed by atoms with E-state index in [1.165, 1.54) is 25.7 Å². The molecule has 2 fully saturated rings. The Hall–Kier alpha value is -1.06.